The first-order valence-electron chi connectivity index (χ1n) is 10.5. The Balaban J connectivity index is 4.18. The second-order valence-electron chi connectivity index (χ2n) is 9.46. The Hall–Kier alpha value is -0.820. The van der Waals surface area contributed by atoms with Crippen LogP contribution in [-0.4, -0.2) is 55.9 Å². The lowest BCUT2D eigenvalue weighted by Crippen LogP contribution is -2.38. The van der Waals surface area contributed by atoms with Crippen molar-refractivity contribution in [1.29, 1.82) is 0 Å². The number of hydrogen-bond acceptors (Lipinski definition) is 6. The van der Waals surface area contributed by atoms with Gasteiger partial charge in [-0.2, -0.15) is 0 Å². The Morgan fingerprint density at radius 3 is 2.29 bits per heavy atom. The molecule has 0 aromatic rings. The summed E-state index contributed by atoms with van der Waals surface area (Å²) in [5.41, 5.74) is 6.17. The molecule has 0 saturated carbocycles. The van der Waals surface area contributed by atoms with Gasteiger partial charge in [0.25, 0.3) is 0 Å². The molecule has 0 saturated heterocycles. The predicted molar refractivity (Wildman–Crippen MR) is 116 cm³/mol. The maximum atomic E-state index is 8.99. The van der Waals surface area contributed by atoms with Gasteiger partial charge in [-0.1, -0.05) is 27.7 Å². The van der Waals surface area contributed by atoms with Gasteiger partial charge < -0.3 is 30.4 Å². The molecule has 0 radical (unpaired) electrons. The highest BCUT2D eigenvalue weighted by Gasteiger charge is 2.29. The molecule has 1 atom stereocenters. The van der Waals surface area contributed by atoms with Gasteiger partial charge in [-0.3, -0.25) is 0 Å². The lowest BCUT2D eigenvalue weighted by molar-refractivity contribution is -0.101. The predicted octanol–water partition coefficient (Wildman–Crippen LogP) is 3.44. The van der Waals surface area contributed by atoms with E-state index >= 15 is 0 Å². The van der Waals surface area contributed by atoms with Crippen LogP contribution in [0, 0.1) is 11.3 Å². The molecule has 1 unspecified atom stereocenters. The van der Waals surface area contributed by atoms with Crippen molar-refractivity contribution in [3.63, 3.8) is 0 Å². The van der Waals surface area contributed by atoms with Crippen molar-refractivity contribution >= 4 is 0 Å². The van der Waals surface area contributed by atoms with Crippen LogP contribution in [0.15, 0.2) is 11.9 Å². The minimum atomic E-state index is -0.314. The first kappa shape index (κ1) is 27.2. The van der Waals surface area contributed by atoms with Crippen LogP contribution >= 0.6 is 0 Å². The third-order valence-electron chi connectivity index (χ3n) is 5.50. The topological polar surface area (TPSA) is 86.0 Å². The molecule has 0 aliphatic heterocycles. The van der Waals surface area contributed by atoms with Crippen LogP contribution in [0.4, 0.5) is 0 Å². The van der Waals surface area contributed by atoms with Gasteiger partial charge in [0.05, 0.1) is 43.3 Å². The van der Waals surface area contributed by atoms with Gasteiger partial charge in [0.2, 0.25) is 0 Å². The number of rotatable bonds is 16. The van der Waals surface area contributed by atoms with E-state index in [9.17, 15) is 0 Å². The molecule has 28 heavy (non-hydrogen) atoms. The monoisotopic (exact) mass is 402 g/mol. The molecule has 0 amide bonds. The summed E-state index contributed by atoms with van der Waals surface area (Å²) in [5.74, 6) is 0.456. The Bertz CT molecular complexity index is 450. The number of hydrogen-bond donors (Lipinski definition) is 3. The Morgan fingerprint density at radius 2 is 1.75 bits per heavy atom. The molecule has 6 nitrogen and oxygen atoms in total. The Morgan fingerprint density at radius 1 is 1.11 bits per heavy atom. The summed E-state index contributed by atoms with van der Waals surface area (Å²) in [6, 6.07) is 0. The maximum Gasteiger partial charge on any atom is 0.0875 e. The van der Waals surface area contributed by atoms with Crippen LogP contribution in [0.5, 0.6) is 0 Å². The van der Waals surface area contributed by atoms with Gasteiger partial charge in [0.1, 0.15) is 0 Å². The van der Waals surface area contributed by atoms with E-state index in [1.807, 2.05) is 13.8 Å². The molecule has 0 aliphatic carbocycles. The summed E-state index contributed by atoms with van der Waals surface area (Å²) in [7, 11) is 0. The van der Waals surface area contributed by atoms with Gasteiger partial charge in [0.15, 0.2) is 0 Å². The average molecular weight is 403 g/mol. The Labute approximate surface area is 173 Å². The summed E-state index contributed by atoms with van der Waals surface area (Å²) in [6.45, 7) is 19.9. The third kappa shape index (κ3) is 11.9. The molecule has 0 bridgehead atoms. The van der Waals surface area contributed by atoms with Gasteiger partial charge >= 0.3 is 0 Å². The van der Waals surface area contributed by atoms with Crippen molar-refractivity contribution in [3.8, 4) is 0 Å². The van der Waals surface area contributed by atoms with E-state index in [2.05, 4.69) is 46.9 Å². The number of aliphatic hydroxyl groups is 1. The summed E-state index contributed by atoms with van der Waals surface area (Å²) in [6.07, 6.45) is 3.36. The molecule has 0 fully saturated rings. The van der Waals surface area contributed by atoms with E-state index in [4.69, 9.17) is 25.1 Å². The van der Waals surface area contributed by atoms with Crippen LogP contribution < -0.4 is 11.1 Å². The summed E-state index contributed by atoms with van der Waals surface area (Å²) in [4.78, 5) is 0. The lowest BCUT2D eigenvalue weighted by atomic mass is 9.88. The Kier molecular flexibility index (Phi) is 12.3. The fourth-order valence-electron chi connectivity index (χ4n) is 2.16. The van der Waals surface area contributed by atoms with Gasteiger partial charge in [-0.15, -0.1) is 0 Å². The normalized spacial score (nSPS) is 15.7. The summed E-state index contributed by atoms with van der Waals surface area (Å²) < 4.78 is 17.7. The van der Waals surface area contributed by atoms with Crippen molar-refractivity contribution in [2.24, 2.45) is 17.1 Å². The highest BCUT2D eigenvalue weighted by molar-refractivity contribution is 4.95. The van der Waals surface area contributed by atoms with Crippen molar-refractivity contribution in [1.82, 2.24) is 5.32 Å². The zero-order chi connectivity index (χ0) is 21.8. The smallest absolute Gasteiger partial charge is 0.0875 e. The van der Waals surface area contributed by atoms with Gasteiger partial charge in [-0.05, 0) is 46.5 Å². The van der Waals surface area contributed by atoms with Crippen LogP contribution in [0.3, 0.4) is 0 Å². The van der Waals surface area contributed by atoms with E-state index in [0.29, 0.717) is 51.0 Å². The van der Waals surface area contributed by atoms with Crippen LogP contribution in [0.25, 0.3) is 0 Å². The SMILES string of the molecule is CCC(C)(COC/C(N)=C/NCCOC(C)(C)CCO)COC(C)(C)C(C)C. The lowest BCUT2D eigenvalue weighted by Gasteiger charge is -2.35. The number of ether oxygens (including phenoxy) is 3. The van der Waals surface area contributed by atoms with E-state index in [-0.39, 0.29) is 23.2 Å². The third-order valence-corrected chi connectivity index (χ3v) is 5.50. The molecule has 6 heteroatoms. The molecule has 168 valence electrons. The molecule has 0 heterocycles. The quantitative estimate of drug-likeness (QED) is 0.343. The fraction of sp³-hybridized carbons (Fsp3) is 0.909. The highest BCUT2D eigenvalue weighted by atomic mass is 16.5. The van der Waals surface area contributed by atoms with E-state index in [1.54, 1.807) is 6.20 Å². The number of nitrogens with two attached hydrogens (primary N) is 1. The molecule has 4 N–H and O–H groups in total. The van der Waals surface area contributed by atoms with Crippen LogP contribution in [0.2, 0.25) is 0 Å². The average Bonchev–Trinajstić information content (AvgIpc) is 2.59. The van der Waals surface area contributed by atoms with E-state index in [0.717, 1.165) is 6.42 Å². The van der Waals surface area contributed by atoms with E-state index in [1.165, 1.54) is 0 Å². The minimum absolute atomic E-state index is 0.0357. The number of aliphatic hydroxyl groups excluding tert-OH is 1. The largest absolute Gasteiger partial charge is 0.399 e. The van der Waals surface area contributed by atoms with Crippen molar-refractivity contribution in [2.75, 3.05) is 39.6 Å². The molecule has 0 aliphatic rings. The molecule has 0 rings (SSSR count). The standard InChI is InChI=1S/C22H46N2O4/c1-9-22(8,17-28-21(6,7)18(2)3)16-26-15-19(23)14-24-11-13-27-20(4,5)10-12-25/h14,18,24-25H,9-13,15-17,23H2,1-8H3/b19-14-. The van der Waals surface area contributed by atoms with Crippen molar-refractivity contribution in [2.45, 2.75) is 79.4 Å². The summed E-state index contributed by atoms with van der Waals surface area (Å²) >= 11 is 0. The molecule has 0 aromatic heterocycles. The minimum Gasteiger partial charge on any atom is -0.399 e. The molecule has 0 aromatic carbocycles. The van der Waals surface area contributed by atoms with Crippen LogP contribution in [0.1, 0.15) is 68.2 Å². The number of nitrogens with one attached hydrogen (secondary N) is 1. The van der Waals surface area contributed by atoms with Crippen LogP contribution in [-0.2, 0) is 14.2 Å². The first-order valence-corrected chi connectivity index (χ1v) is 10.5. The molecular weight excluding hydrogens is 356 g/mol. The second-order valence-corrected chi connectivity index (χ2v) is 9.46. The highest BCUT2D eigenvalue weighted by Crippen LogP contribution is 2.28. The van der Waals surface area contributed by atoms with Gasteiger partial charge in [0, 0.05) is 24.8 Å². The maximum absolute atomic E-state index is 8.99. The molecular formula is C22H46N2O4. The first-order chi connectivity index (χ1) is 12.9. The van der Waals surface area contributed by atoms with E-state index < -0.39 is 0 Å². The second kappa shape index (κ2) is 12.7. The van der Waals surface area contributed by atoms with Gasteiger partial charge in [-0.25, -0.2) is 0 Å². The summed E-state index contributed by atoms with van der Waals surface area (Å²) in [5, 5.41) is 12.1. The van der Waals surface area contributed by atoms with Crippen molar-refractivity contribution in [3.05, 3.63) is 11.9 Å². The van der Waals surface area contributed by atoms with Crippen molar-refractivity contribution < 1.29 is 19.3 Å². The molecule has 0 spiro atoms. The zero-order valence-corrected chi connectivity index (χ0v) is 19.6. The fourth-order valence-corrected chi connectivity index (χ4v) is 2.16. The zero-order valence-electron chi connectivity index (χ0n) is 19.6.